The number of carbonyl (C=O) groups is 1. The minimum absolute atomic E-state index is 0.337. The first kappa shape index (κ1) is 21.8. The zero-order chi connectivity index (χ0) is 19.2. The lowest BCUT2D eigenvalue weighted by atomic mass is 9.86. The average Bonchev–Trinajstić information content (AvgIpc) is 2.56. The SMILES string of the molecule is COc1ccc(Cl)c(Cl)c1C1CCNC(CN)C1.O=C(O)C(F)(F)F. The van der Waals surface area contributed by atoms with Crippen LogP contribution in [0.4, 0.5) is 13.2 Å². The second-order valence-corrected chi connectivity index (χ2v) is 6.17. The fourth-order valence-corrected chi connectivity index (χ4v) is 3.03. The lowest BCUT2D eigenvalue weighted by Crippen LogP contribution is -2.42. The lowest BCUT2D eigenvalue weighted by Gasteiger charge is -2.31. The van der Waals surface area contributed by atoms with Crippen LogP contribution in [0.15, 0.2) is 12.1 Å². The number of piperidine rings is 1. The first-order valence-electron chi connectivity index (χ1n) is 7.37. The van der Waals surface area contributed by atoms with Crippen LogP contribution in [0.25, 0.3) is 0 Å². The van der Waals surface area contributed by atoms with Crippen LogP contribution in [0.2, 0.25) is 10.0 Å². The molecule has 2 unspecified atom stereocenters. The molecule has 5 nitrogen and oxygen atoms in total. The van der Waals surface area contributed by atoms with Crippen LogP contribution in [-0.4, -0.2) is 43.5 Å². The molecule has 1 aliphatic heterocycles. The molecule has 0 saturated carbocycles. The van der Waals surface area contributed by atoms with E-state index in [1.165, 1.54) is 0 Å². The summed E-state index contributed by atoms with van der Waals surface area (Å²) < 4.78 is 37.1. The van der Waals surface area contributed by atoms with Crippen LogP contribution in [0.1, 0.15) is 24.3 Å². The number of carboxylic acids is 1. The van der Waals surface area contributed by atoms with Crippen LogP contribution in [-0.2, 0) is 4.79 Å². The maximum atomic E-state index is 10.6. The quantitative estimate of drug-likeness (QED) is 0.720. The molecule has 25 heavy (non-hydrogen) atoms. The molecular formula is C15H19Cl2F3N2O3. The van der Waals surface area contributed by atoms with Gasteiger partial charge in [-0.25, -0.2) is 4.79 Å². The number of hydrogen-bond acceptors (Lipinski definition) is 4. The molecule has 1 saturated heterocycles. The normalized spacial score (nSPS) is 20.4. The van der Waals surface area contributed by atoms with Crippen LogP contribution in [0.5, 0.6) is 5.75 Å². The van der Waals surface area contributed by atoms with Gasteiger partial charge in [0.1, 0.15) is 5.75 Å². The topological polar surface area (TPSA) is 84.6 Å². The fourth-order valence-electron chi connectivity index (χ4n) is 2.56. The molecule has 4 N–H and O–H groups in total. The van der Waals surface area contributed by atoms with Gasteiger partial charge in [0.15, 0.2) is 0 Å². The Morgan fingerprint density at radius 2 is 2.04 bits per heavy atom. The molecular weight excluding hydrogens is 384 g/mol. The van der Waals surface area contributed by atoms with E-state index in [0.717, 1.165) is 30.7 Å². The van der Waals surface area contributed by atoms with Gasteiger partial charge in [0.25, 0.3) is 0 Å². The molecule has 2 atom stereocenters. The number of halogens is 5. The number of benzene rings is 1. The van der Waals surface area contributed by atoms with Crippen molar-refractivity contribution in [3.8, 4) is 5.75 Å². The number of nitrogens with one attached hydrogen (secondary N) is 1. The van der Waals surface area contributed by atoms with Crippen molar-refractivity contribution in [2.45, 2.75) is 31.0 Å². The lowest BCUT2D eigenvalue weighted by molar-refractivity contribution is -0.192. The highest BCUT2D eigenvalue weighted by atomic mass is 35.5. The van der Waals surface area contributed by atoms with Gasteiger partial charge in [0.2, 0.25) is 0 Å². The minimum atomic E-state index is -5.08. The third kappa shape index (κ3) is 6.22. The fraction of sp³-hybridized carbons (Fsp3) is 0.533. The Morgan fingerprint density at radius 1 is 1.44 bits per heavy atom. The molecule has 1 aliphatic rings. The van der Waals surface area contributed by atoms with E-state index in [1.807, 2.05) is 6.07 Å². The molecule has 1 heterocycles. The van der Waals surface area contributed by atoms with Gasteiger partial charge in [-0.15, -0.1) is 0 Å². The van der Waals surface area contributed by atoms with Gasteiger partial charge in [-0.3, -0.25) is 0 Å². The summed E-state index contributed by atoms with van der Waals surface area (Å²) in [7, 11) is 1.66. The van der Waals surface area contributed by atoms with Crippen molar-refractivity contribution in [1.29, 1.82) is 0 Å². The van der Waals surface area contributed by atoms with E-state index in [2.05, 4.69) is 5.32 Å². The molecule has 0 bridgehead atoms. The molecule has 2 rings (SSSR count). The first-order chi connectivity index (χ1) is 11.6. The predicted octanol–water partition coefficient (Wildman–Crippen LogP) is 3.43. The van der Waals surface area contributed by atoms with Gasteiger partial charge in [-0.2, -0.15) is 13.2 Å². The van der Waals surface area contributed by atoms with Gasteiger partial charge in [0, 0.05) is 18.2 Å². The van der Waals surface area contributed by atoms with Gasteiger partial charge in [0.05, 0.1) is 17.2 Å². The molecule has 0 aromatic heterocycles. The van der Waals surface area contributed by atoms with E-state index in [1.54, 1.807) is 13.2 Å². The number of hydrogen-bond donors (Lipinski definition) is 3. The maximum absolute atomic E-state index is 10.6. The maximum Gasteiger partial charge on any atom is 0.490 e. The number of methoxy groups -OCH3 is 1. The number of nitrogens with two attached hydrogens (primary N) is 1. The van der Waals surface area contributed by atoms with Gasteiger partial charge >= 0.3 is 12.1 Å². The second kappa shape index (κ2) is 9.47. The summed E-state index contributed by atoms with van der Waals surface area (Å²) in [5, 5.41) is 11.7. The number of rotatable bonds is 3. The van der Waals surface area contributed by atoms with Crippen LogP contribution < -0.4 is 15.8 Å². The van der Waals surface area contributed by atoms with Gasteiger partial charge in [-0.05, 0) is 37.4 Å². The Morgan fingerprint density at radius 3 is 2.52 bits per heavy atom. The molecule has 0 amide bonds. The van der Waals surface area contributed by atoms with E-state index in [0.29, 0.717) is 28.5 Å². The molecule has 0 aliphatic carbocycles. The smallest absolute Gasteiger partial charge is 0.490 e. The Bertz CT molecular complexity index is 600. The van der Waals surface area contributed by atoms with Crippen molar-refractivity contribution in [2.24, 2.45) is 5.73 Å². The van der Waals surface area contributed by atoms with E-state index in [9.17, 15) is 13.2 Å². The van der Waals surface area contributed by atoms with Crippen molar-refractivity contribution in [1.82, 2.24) is 5.32 Å². The zero-order valence-electron chi connectivity index (χ0n) is 13.4. The molecule has 10 heteroatoms. The van der Waals surface area contributed by atoms with Gasteiger partial charge < -0.3 is 20.9 Å². The number of carboxylic acid groups (broad SMARTS) is 1. The van der Waals surface area contributed by atoms with Crippen molar-refractivity contribution in [2.75, 3.05) is 20.2 Å². The summed E-state index contributed by atoms with van der Waals surface area (Å²) in [6.07, 6.45) is -3.10. The summed E-state index contributed by atoms with van der Waals surface area (Å²) in [5.74, 6) is -1.60. The highest BCUT2D eigenvalue weighted by molar-refractivity contribution is 6.42. The summed E-state index contributed by atoms with van der Waals surface area (Å²) in [6, 6.07) is 3.99. The Kier molecular flexibility index (Phi) is 8.27. The van der Waals surface area contributed by atoms with Crippen LogP contribution >= 0.6 is 23.2 Å². The molecule has 0 spiro atoms. The molecule has 142 valence electrons. The summed E-state index contributed by atoms with van der Waals surface area (Å²) >= 11 is 12.4. The third-order valence-corrected chi connectivity index (χ3v) is 4.56. The number of ether oxygens (including phenoxy) is 1. The first-order valence-corrected chi connectivity index (χ1v) is 8.12. The Hall–Kier alpha value is -1.22. The molecule has 1 aromatic carbocycles. The largest absolute Gasteiger partial charge is 0.496 e. The van der Waals surface area contributed by atoms with E-state index in [-0.39, 0.29) is 0 Å². The monoisotopic (exact) mass is 402 g/mol. The minimum Gasteiger partial charge on any atom is -0.496 e. The van der Waals surface area contributed by atoms with Crippen molar-refractivity contribution in [3.63, 3.8) is 0 Å². The number of alkyl halides is 3. The molecule has 0 radical (unpaired) electrons. The molecule has 1 aromatic rings. The third-order valence-electron chi connectivity index (χ3n) is 3.74. The van der Waals surface area contributed by atoms with Crippen LogP contribution in [0, 0.1) is 0 Å². The highest BCUT2D eigenvalue weighted by Gasteiger charge is 2.38. The summed E-state index contributed by atoms with van der Waals surface area (Å²) in [4.78, 5) is 8.90. The zero-order valence-corrected chi connectivity index (χ0v) is 14.9. The van der Waals surface area contributed by atoms with Crippen molar-refractivity contribution in [3.05, 3.63) is 27.7 Å². The second-order valence-electron chi connectivity index (χ2n) is 5.39. The average molecular weight is 403 g/mol. The number of aliphatic carboxylic acids is 1. The molecule has 1 fully saturated rings. The summed E-state index contributed by atoms with van der Waals surface area (Å²) in [5.41, 5.74) is 6.75. The summed E-state index contributed by atoms with van der Waals surface area (Å²) in [6.45, 7) is 1.58. The van der Waals surface area contributed by atoms with E-state index < -0.39 is 12.1 Å². The van der Waals surface area contributed by atoms with E-state index >= 15 is 0 Å². The highest BCUT2D eigenvalue weighted by Crippen LogP contribution is 2.41. The van der Waals surface area contributed by atoms with E-state index in [4.69, 9.17) is 43.6 Å². The predicted molar refractivity (Wildman–Crippen MR) is 89.5 cm³/mol. The van der Waals surface area contributed by atoms with Crippen molar-refractivity contribution >= 4 is 29.2 Å². The standard InChI is InChI=1S/C13H18Cl2N2O.C2HF3O2/c1-18-11-3-2-10(14)13(15)12(11)8-4-5-17-9(6-8)7-16;3-2(4,5)1(6)7/h2-3,8-9,17H,4-7,16H2,1H3;(H,6,7). The van der Waals surface area contributed by atoms with Gasteiger partial charge in [-0.1, -0.05) is 23.2 Å². The van der Waals surface area contributed by atoms with Crippen LogP contribution in [0.3, 0.4) is 0 Å². The Labute approximate surface area is 153 Å². The Balaban J connectivity index is 0.000000381. The van der Waals surface area contributed by atoms with Crippen molar-refractivity contribution < 1.29 is 27.8 Å².